The third-order valence-corrected chi connectivity index (χ3v) is 4.45. The largest absolute Gasteiger partial charge is 0.486 e. The summed E-state index contributed by atoms with van der Waals surface area (Å²) < 4.78 is 11.1. The van der Waals surface area contributed by atoms with Crippen LogP contribution in [-0.4, -0.2) is 42.1 Å². The molecule has 1 aliphatic heterocycles. The number of carbonyl (C=O) groups excluding carboxylic acids is 1. The number of ether oxygens (including phenoxy) is 2. The van der Waals surface area contributed by atoms with E-state index in [1.54, 1.807) is 10.3 Å². The lowest BCUT2D eigenvalue weighted by Gasteiger charge is -2.25. The van der Waals surface area contributed by atoms with Crippen molar-refractivity contribution in [3.8, 4) is 5.75 Å². The number of carbonyl (C=O) groups is 1. The maximum Gasteiger partial charge on any atom is 0.273 e. The first-order chi connectivity index (χ1) is 11.1. The number of thiazole rings is 1. The highest BCUT2D eigenvalue weighted by molar-refractivity contribution is 7.09. The van der Waals surface area contributed by atoms with E-state index < -0.39 is 0 Å². The zero-order chi connectivity index (χ0) is 16.2. The van der Waals surface area contributed by atoms with Crippen LogP contribution in [-0.2, 0) is 11.3 Å². The normalized spacial score (nSPS) is 14.8. The first kappa shape index (κ1) is 16.0. The maximum atomic E-state index is 12.4. The minimum absolute atomic E-state index is 0.0257. The van der Waals surface area contributed by atoms with E-state index in [4.69, 9.17) is 9.47 Å². The third-order valence-electron chi connectivity index (χ3n) is 3.63. The van der Waals surface area contributed by atoms with E-state index in [0.29, 0.717) is 38.6 Å². The first-order valence-corrected chi connectivity index (χ1v) is 8.52. The van der Waals surface area contributed by atoms with Gasteiger partial charge in [-0.15, -0.1) is 11.3 Å². The molecule has 1 aliphatic rings. The van der Waals surface area contributed by atoms with Gasteiger partial charge in [0.25, 0.3) is 5.91 Å². The lowest BCUT2D eigenvalue weighted by molar-refractivity contribution is 0.0299. The number of morpholine rings is 1. The standard InChI is InChI=1S/C17H20N2O3S/c1-12-7-13(2)9-14(8-12)22-10-16-18-15(11-23-16)17(20)19-3-5-21-6-4-19/h7-9,11H,3-6,10H2,1-2H3. The molecule has 2 aromatic rings. The molecule has 0 spiro atoms. The van der Waals surface area contributed by atoms with Gasteiger partial charge in [0.1, 0.15) is 23.1 Å². The Morgan fingerprint density at radius 2 is 1.96 bits per heavy atom. The Bertz CT molecular complexity index is 673. The van der Waals surface area contributed by atoms with E-state index in [1.807, 2.05) is 26.0 Å². The second-order valence-electron chi connectivity index (χ2n) is 5.64. The molecule has 1 aromatic heterocycles. The molecule has 0 bridgehead atoms. The van der Waals surface area contributed by atoms with Crippen molar-refractivity contribution >= 4 is 17.2 Å². The maximum absolute atomic E-state index is 12.4. The molecular formula is C17H20N2O3S. The molecule has 1 amide bonds. The summed E-state index contributed by atoms with van der Waals surface area (Å²) in [7, 11) is 0. The van der Waals surface area contributed by atoms with Gasteiger partial charge < -0.3 is 14.4 Å². The van der Waals surface area contributed by atoms with E-state index in [-0.39, 0.29) is 5.91 Å². The summed E-state index contributed by atoms with van der Waals surface area (Å²) in [6.45, 7) is 6.92. The first-order valence-electron chi connectivity index (χ1n) is 7.64. The molecule has 0 N–H and O–H groups in total. The summed E-state index contributed by atoms with van der Waals surface area (Å²) in [5.41, 5.74) is 2.83. The topological polar surface area (TPSA) is 51.7 Å². The van der Waals surface area contributed by atoms with Crippen LogP contribution in [0.15, 0.2) is 23.6 Å². The highest BCUT2D eigenvalue weighted by Gasteiger charge is 2.20. The number of hydrogen-bond acceptors (Lipinski definition) is 5. The SMILES string of the molecule is Cc1cc(C)cc(OCc2nc(C(=O)N3CCOCC3)cs2)c1. The smallest absolute Gasteiger partial charge is 0.273 e. The summed E-state index contributed by atoms with van der Waals surface area (Å²) in [5.74, 6) is 0.806. The molecule has 1 saturated heterocycles. The Balaban J connectivity index is 1.61. The fourth-order valence-corrected chi connectivity index (χ4v) is 3.24. The zero-order valence-electron chi connectivity index (χ0n) is 13.4. The zero-order valence-corrected chi connectivity index (χ0v) is 14.2. The van der Waals surface area contributed by atoms with Gasteiger partial charge in [0.2, 0.25) is 0 Å². The third kappa shape index (κ3) is 4.09. The van der Waals surface area contributed by atoms with Gasteiger partial charge in [-0.1, -0.05) is 6.07 Å². The van der Waals surface area contributed by atoms with Gasteiger partial charge in [-0.3, -0.25) is 4.79 Å². The van der Waals surface area contributed by atoms with Crippen LogP contribution in [0, 0.1) is 13.8 Å². The lowest BCUT2D eigenvalue weighted by atomic mass is 10.1. The summed E-state index contributed by atoms with van der Waals surface area (Å²) in [6, 6.07) is 6.11. The predicted molar refractivity (Wildman–Crippen MR) is 89.1 cm³/mol. The fraction of sp³-hybridized carbons (Fsp3) is 0.412. The summed E-state index contributed by atoms with van der Waals surface area (Å²) >= 11 is 1.45. The lowest BCUT2D eigenvalue weighted by Crippen LogP contribution is -2.40. The van der Waals surface area contributed by atoms with Gasteiger partial charge in [0.15, 0.2) is 0 Å². The molecule has 3 rings (SSSR count). The molecule has 0 atom stereocenters. The molecule has 0 unspecified atom stereocenters. The molecule has 122 valence electrons. The molecule has 0 saturated carbocycles. The summed E-state index contributed by atoms with van der Waals surface area (Å²) in [5, 5.41) is 2.61. The van der Waals surface area contributed by atoms with E-state index in [9.17, 15) is 4.79 Å². The molecule has 0 aliphatic carbocycles. The average Bonchev–Trinajstić information content (AvgIpc) is 3.01. The molecular weight excluding hydrogens is 312 g/mol. The van der Waals surface area contributed by atoms with E-state index in [0.717, 1.165) is 10.8 Å². The number of benzene rings is 1. The van der Waals surface area contributed by atoms with Gasteiger partial charge in [0.05, 0.1) is 13.2 Å². The Kier molecular flexibility index (Phi) is 4.93. The van der Waals surface area contributed by atoms with Crippen LogP contribution in [0.1, 0.15) is 26.6 Å². The summed E-state index contributed by atoms with van der Waals surface area (Å²) in [4.78, 5) is 18.5. The van der Waals surface area contributed by atoms with Crippen LogP contribution in [0.25, 0.3) is 0 Å². The Labute approximate surface area is 139 Å². The predicted octanol–water partition coefficient (Wildman–Crippen LogP) is 2.81. The Morgan fingerprint density at radius 3 is 2.65 bits per heavy atom. The van der Waals surface area contributed by atoms with Crippen LogP contribution in [0.3, 0.4) is 0 Å². The van der Waals surface area contributed by atoms with Crippen molar-refractivity contribution in [3.05, 3.63) is 45.4 Å². The number of hydrogen-bond donors (Lipinski definition) is 0. The Hall–Kier alpha value is -1.92. The van der Waals surface area contributed by atoms with Crippen molar-refractivity contribution in [3.63, 3.8) is 0 Å². The molecule has 1 fully saturated rings. The van der Waals surface area contributed by atoms with Gasteiger partial charge in [-0.05, 0) is 37.1 Å². The van der Waals surface area contributed by atoms with Crippen molar-refractivity contribution in [2.24, 2.45) is 0 Å². The van der Waals surface area contributed by atoms with Crippen LogP contribution < -0.4 is 4.74 Å². The van der Waals surface area contributed by atoms with Crippen LogP contribution >= 0.6 is 11.3 Å². The van der Waals surface area contributed by atoms with Crippen LogP contribution in [0.2, 0.25) is 0 Å². The fourth-order valence-electron chi connectivity index (χ4n) is 2.57. The van der Waals surface area contributed by atoms with Crippen molar-refractivity contribution in [1.82, 2.24) is 9.88 Å². The van der Waals surface area contributed by atoms with Gasteiger partial charge in [0, 0.05) is 18.5 Å². The van der Waals surface area contributed by atoms with Gasteiger partial charge in [-0.25, -0.2) is 4.98 Å². The minimum Gasteiger partial charge on any atom is -0.486 e. The van der Waals surface area contributed by atoms with Crippen molar-refractivity contribution in [2.45, 2.75) is 20.5 Å². The number of nitrogens with zero attached hydrogens (tertiary/aromatic N) is 2. The van der Waals surface area contributed by atoms with Crippen molar-refractivity contribution in [2.75, 3.05) is 26.3 Å². The van der Waals surface area contributed by atoms with Crippen molar-refractivity contribution in [1.29, 1.82) is 0 Å². The second kappa shape index (κ2) is 7.10. The number of aryl methyl sites for hydroxylation is 2. The molecule has 1 aromatic carbocycles. The summed E-state index contributed by atoms with van der Waals surface area (Å²) in [6.07, 6.45) is 0. The van der Waals surface area contributed by atoms with Gasteiger partial charge in [-0.2, -0.15) is 0 Å². The quantitative estimate of drug-likeness (QED) is 0.864. The van der Waals surface area contributed by atoms with E-state index in [1.165, 1.54) is 22.5 Å². The number of rotatable bonds is 4. The molecule has 2 heterocycles. The van der Waals surface area contributed by atoms with Crippen LogP contribution in [0.4, 0.5) is 0 Å². The highest BCUT2D eigenvalue weighted by atomic mass is 32.1. The molecule has 0 radical (unpaired) electrons. The average molecular weight is 332 g/mol. The van der Waals surface area contributed by atoms with Gasteiger partial charge >= 0.3 is 0 Å². The second-order valence-corrected chi connectivity index (χ2v) is 6.59. The molecule has 5 nitrogen and oxygen atoms in total. The van der Waals surface area contributed by atoms with E-state index in [2.05, 4.69) is 11.1 Å². The van der Waals surface area contributed by atoms with E-state index >= 15 is 0 Å². The minimum atomic E-state index is -0.0257. The van der Waals surface area contributed by atoms with Crippen LogP contribution in [0.5, 0.6) is 5.75 Å². The Morgan fingerprint density at radius 1 is 1.26 bits per heavy atom. The molecule has 23 heavy (non-hydrogen) atoms. The molecule has 6 heteroatoms. The highest BCUT2D eigenvalue weighted by Crippen LogP contribution is 2.19. The number of aromatic nitrogens is 1. The van der Waals surface area contributed by atoms with Crippen molar-refractivity contribution < 1.29 is 14.3 Å². The monoisotopic (exact) mass is 332 g/mol. The number of amides is 1.